The van der Waals surface area contributed by atoms with Gasteiger partial charge in [0.25, 0.3) is 0 Å². The Balaban J connectivity index is 1.68. The Morgan fingerprint density at radius 3 is 2.07 bits per heavy atom. The molecule has 0 radical (unpaired) electrons. The van der Waals surface area contributed by atoms with Gasteiger partial charge in [-0.25, -0.2) is 4.79 Å². The minimum Gasteiger partial charge on any atom is -0.444 e. The number of carbonyl (C=O) groups is 1. The van der Waals surface area contributed by atoms with Crippen LogP contribution in [0.3, 0.4) is 0 Å². The SMILES string of the molecule is CC(C)(C)OC(=O)N[C@@H](Cc1ccccc1)[C@@H]1O[C@H]1[C@H](CO)Cc1ccccc1. The smallest absolute Gasteiger partial charge is 0.407 e. The average Bonchev–Trinajstić information content (AvgIpc) is 3.46. The molecule has 1 aliphatic heterocycles. The number of hydrogen-bond acceptors (Lipinski definition) is 4. The maximum absolute atomic E-state index is 12.4. The highest BCUT2D eigenvalue weighted by atomic mass is 16.6. The molecule has 1 fully saturated rings. The van der Waals surface area contributed by atoms with Crippen LogP contribution in [0.5, 0.6) is 0 Å². The van der Waals surface area contributed by atoms with Crippen LogP contribution in [0, 0.1) is 5.92 Å². The lowest BCUT2D eigenvalue weighted by Crippen LogP contribution is -2.44. The summed E-state index contributed by atoms with van der Waals surface area (Å²) in [6.07, 6.45) is 0.692. The lowest BCUT2D eigenvalue weighted by atomic mass is 9.92. The third-order valence-electron chi connectivity index (χ3n) is 5.00. The molecule has 0 aliphatic carbocycles. The van der Waals surface area contributed by atoms with Gasteiger partial charge in [0.15, 0.2) is 0 Å². The number of aliphatic hydroxyl groups is 1. The van der Waals surface area contributed by atoms with Crippen LogP contribution in [0.1, 0.15) is 31.9 Å². The van der Waals surface area contributed by atoms with Gasteiger partial charge in [0, 0.05) is 12.5 Å². The van der Waals surface area contributed by atoms with E-state index in [2.05, 4.69) is 17.4 Å². The predicted octanol–water partition coefficient (Wildman–Crippen LogP) is 3.74. The molecule has 0 aromatic heterocycles. The van der Waals surface area contributed by atoms with Crippen molar-refractivity contribution in [3.8, 4) is 0 Å². The Morgan fingerprint density at radius 2 is 1.55 bits per heavy atom. The summed E-state index contributed by atoms with van der Waals surface area (Å²) in [5, 5.41) is 12.9. The minimum absolute atomic E-state index is 0.0129. The van der Waals surface area contributed by atoms with E-state index in [0.29, 0.717) is 6.42 Å². The van der Waals surface area contributed by atoms with Crippen molar-refractivity contribution >= 4 is 6.09 Å². The standard InChI is InChI=1S/C24H31NO4/c1-24(2,3)29-23(27)25-20(15-18-12-8-5-9-13-18)22-21(28-22)19(16-26)14-17-10-6-4-7-11-17/h4-13,19-22,26H,14-16H2,1-3H3,(H,25,27)/t19-,20-,21-,22-/m0/s1. The zero-order valence-electron chi connectivity index (χ0n) is 17.4. The highest BCUT2D eigenvalue weighted by molar-refractivity contribution is 5.68. The molecule has 0 spiro atoms. The summed E-state index contributed by atoms with van der Waals surface area (Å²) in [7, 11) is 0. The molecule has 1 amide bonds. The number of amides is 1. The summed E-state index contributed by atoms with van der Waals surface area (Å²) < 4.78 is 11.4. The third-order valence-corrected chi connectivity index (χ3v) is 5.00. The van der Waals surface area contributed by atoms with Gasteiger partial charge >= 0.3 is 6.09 Å². The number of rotatable bonds is 8. The van der Waals surface area contributed by atoms with Crippen LogP contribution in [0.4, 0.5) is 4.79 Å². The molecule has 5 nitrogen and oxygen atoms in total. The van der Waals surface area contributed by atoms with Gasteiger partial charge in [-0.15, -0.1) is 0 Å². The topological polar surface area (TPSA) is 71.1 Å². The highest BCUT2D eigenvalue weighted by Gasteiger charge is 2.49. The molecular weight excluding hydrogens is 366 g/mol. The van der Waals surface area contributed by atoms with Crippen molar-refractivity contribution in [3.63, 3.8) is 0 Å². The molecule has 0 bridgehead atoms. The fourth-order valence-corrected chi connectivity index (χ4v) is 3.62. The first-order valence-electron chi connectivity index (χ1n) is 10.2. The summed E-state index contributed by atoms with van der Waals surface area (Å²) in [4.78, 5) is 12.4. The first-order chi connectivity index (χ1) is 13.9. The van der Waals surface area contributed by atoms with E-state index < -0.39 is 11.7 Å². The fourth-order valence-electron chi connectivity index (χ4n) is 3.62. The van der Waals surface area contributed by atoms with E-state index in [1.807, 2.05) is 69.3 Å². The van der Waals surface area contributed by atoms with Crippen molar-refractivity contribution in [2.45, 2.75) is 57.5 Å². The second-order valence-corrected chi connectivity index (χ2v) is 8.64. The van der Waals surface area contributed by atoms with Crippen molar-refractivity contribution in [1.29, 1.82) is 0 Å². The second kappa shape index (κ2) is 9.42. The van der Waals surface area contributed by atoms with Gasteiger partial charge < -0.3 is 19.9 Å². The highest BCUT2D eigenvalue weighted by Crippen LogP contribution is 2.35. The summed E-state index contributed by atoms with van der Waals surface area (Å²) in [6.45, 7) is 5.57. The molecule has 1 heterocycles. The quantitative estimate of drug-likeness (QED) is 0.666. The van der Waals surface area contributed by atoms with Crippen molar-refractivity contribution in [1.82, 2.24) is 5.32 Å². The van der Waals surface area contributed by atoms with Crippen molar-refractivity contribution in [3.05, 3.63) is 71.8 Å². The van der Waals surface area contributed by atoms with Crippen molar-refractivity contribution < 1.29 is 19.4 Å². The van der Waals surface area contributed by atoms with Gasteiger partial charge in [-0.3, -0.25) is 0 Å². The molecule has 2 N–H and O–H groups in total. The third kappa shape index (κ3) is 6.58. The maximum Gasteiger partial charge on any atom is 0.407 e. The maximum atomic E-state index is 12.4. The minimum atomic E-state index is -0.563. The Bertz CT molecular complexity index is 772. The van der Waals surface area contributed by atoms with Crippen LogP contribution in [-0.2, 0) is 22.3 Å². The summed E-state index contributed by atoms with van der Waals surface area (Å²) in [5.74, 6) is -0.0129. The zero-order chi connectivity index (χ0) is 20.9. The van der Waals surface area contributed by atoms with E-state index in [4.69, 9.17) is 9.47 Å². The van der Waals surface area contributed by atoms with Crippen molar-refractivity contribution in [2.24, 2.45) is 5.92 Å². The van der Waals surface area contributed by atoms with Crippen LogP contribution < -0.4 is 5.32 Å². The average molecular weight is 398 g/mol. The summed E-state index contributed by atoms with van der Waals surface area (Å²) >= 11 is 0. The Labute approximate surface area is 173 Å². The normalized spacial score (nSPS) is 20.6. The predicted molar refractivity (Wildman–Crippen MR) is 113 cm³/mol. The molecule has 1 saturated heterocycles. The molecule has 1 aliphatic rings. The van der Waals surface area contributed by atoms with E-state index >= 15 is 0 Å². The number of benzene rings is 2. The number of nitrogens with one attached hydrogen (secondary N) is 1. The molecular formula is C24H31NO4. The van der Waals surface area contributed by atoms with Gasteiger partial charge in [0.2, 0.25) is 0 Å². The Hall–Kier alpha value is -2.37. The Kier molecular flexibility index (Phi) is 6.93. The first kappa shape index (κ1) is 21.3. The number of carbonyl (C=O) groups excluding carboxylic acids is 1. The van der Waals surface area contributed by atoms with Crippen molar-refractivity contribution in [2.75, 3.05) is 6.61 Å². The van der Waals surface area contributed by atoms with E-state index in [9.17, 15) is 9.90 Å². The molecule has 156 valence electrons. The molecule has 3 rings (SSSR count). The van der Waals surface area contributed by atoms with Gasteiger partial charge in [0.05, 0.1) is 12.1 Å². The fraction of sp³-hybridized carbons (Fsp3) is 0.458. The number of hydrogen-bond donors (Lipinski definition) is 2. The first-order valence-corrected chi connectivity index (χ1v) is 10.2. The monoisotopic (exact) mass is 397 g/mol. The number of alkyl carbamates (subject to hydrolysis) is 1. The summed E-state index contributed by atoms with van der Waals surface area (Å²) in [6, 6.07) is 19.9. The van der Waals surface area contributed by atoms with Crippen LogP contribution in [0.2, 0.25) is 0 Å². The van der Waals surface area contributed by atoms with Gasteiger partial charge in [0.1, 0.15) is 11.7 Å². The van der Waals surface area contributed by atoms with Gasteiger partial charge in [-0.05, 0) is 44.7 Å². The zero-order valence-corrected chi connectivity index (χ0v) is 17.4. The van der Waals surface area contributed by atoms with Gasteiger partial charge in [-0.2, -0.15) is 0 Å². The molecule has 5 heteroatoms. The molecule has 2 aromatic rings. The summed E-state index contributed by atoms with van der Waals surface area (Å²) in [5.41, 5.74) is 1.72. The number of epoxide rings is 1. The van der Waals surface area contributed by atoms with E-state index in [1.165, 1.54) is 5.56 Å². The Morgan fingerprint density at radius 1 is 1.00 bits per heavy atom. The molecule has 2 aromatic carbocycles. The second-order valence-electron chi connectivity index (χ2n) is 8.64. The molecule has 0 saturated carbocycles. The van der Waals surface area contributed by atoms with Crippen LogP contribution >= 0.6 is 0 Å². The van der Waals surface area contributed by atoms with Crippen LogP contribution in [0.25, 0.3) is 0 Å². The molecule has 0 unspecified atom stereocenters. The van der Waals surface area contributed by atoms with Crippen LogP contribution in [0.15, 0.2) is 60.7 Å². The van der Waals surface area contributed by atoms with Gasteiger partial charge in [-0.1, -0.05) is 60.7 Å². The number of ether oxygens (including phenoxy) is 2. The molecule has 29 heavy (non-hydrogen) atoms. The molecule has 4 atom stereocenters. The number of aliphatic hydroxyl groups excluding tert-OH is 1. The van der Waals surface area contributed by atoms with E-state index in [1.54, 1.807) is 0 Å². The largest absolute Gasteiger partial charge is 0.444 e. The van der Waals surface area contributed by atoms with E-state index in [-0.39, 0.29) is 30.8 Å². The van der Waals surface area contributed by atoms with Crippen LogP contribution in [-0.4, -0.2) is 41.7 Å². The van der Waals surface area contributed by atoms with E-state index in [0.717, 1.165) is 12.0 Å². The lowest BCUT2D eigenvalue weighted by molar-refractivity contribution is 0.0495. The lowest BCUT2D eigenvalue weighted by Gasteiger charge is -2.23.